The molecule has 0 radical (unpaired) electrons. The summed E-state index contributed by atoms with van der Waals surface area (Å²) in [6, 6.07) is 17.1. The maximum Gasteiger partial charge on any atom is 0.119 e. The highest BCUT2D eigenvalue weighted by molar-refractivity contribution is 7.09. The number of rotatable bonds is 6. The fourth-order valence-electron chi connectivity index (χ4n) is 4.16. The minimum atomic E-state index is 0.885. The Balaban J connectivity index is 1.27. The molecule has 1 fully saturated rings. The molecule has 0 spiro atoms. The number of aromatic amines is 1. The normalized spacial score (nSPS) is 15.6. The Bertz CT molecular complexity index is 1110. The van der Waals surface area contributed by atoms with E-state index in [0.717, 1.165) is 50.7 Å². The van der Waals surface area contributed by atoms with E-state index < -0.39 is 0 Å². The van der Waals surface area contributed by atoms with Crippen LogP contribution in [-0.2, 0) is 13.1 Å². The molecule has 30 heavy (non-hydrogen) atoms. The second kappa shape index (κ2) is 8.60. The summed E-state index contributed by atoms with van der Waals surface area (Å²) in [5, 5.41) is 12.1. The van der Waals surface area contributed by atoms with E-state index in [-0.39, 0.29) is 0 Å². The Kier molecular flexibility index (Phi) is 5.53. The topological polar surface area (TPSA) is 44.4 Å². The first-order valence-electron chi connectivity index (χ1n) is 10.4. The van der Waals surface area contributed by atoms with Crippen LogP contribution in [0.15, 0.2) is 60.1 Å². The van der Waals surface area contributed by atoms with Gasteiger partial charge in [-0.25, -0.2) is 0 Å². The van der Waals surface area contributed by atoms with Crippen LogP contribution in [0.3, 0.4) is 0 Å². The number of ether oxygens (including phenoxy) is 1. The average molecular weight is 419 g/mol. The third-order valence-electron chi connectivity index (χ3n) is 5.87. The molecule has 3 heterocycles. The van der Waals surface area contributed by atoms with Gasteiger partial charge in [-0.2, -0.15) is 5.10 Å². The van der Waals surface area contributed by atoms with Crippen LogP contribution in [0.25, 0.3) is 22.0 Å². The summed E-state index contributed by atoms with van der Waals surface area (Å²) in [7, 11) is 1.70. The summed E-state index contributed by atoms with van der Waals surface area (Å²) in [5.41, 5.74) is 3.56. The highest BCUT2D eigenvalue weighted by atomic mass is 32.1. The van der Waals surface area contributed by atoms with Crippen molar-refractivity contribution in [3.05, 3.63) is 70.5 Å². The van der Waals surface area contributed by atoms with Gasteiger partial charge in [0, 0.05) is 55.3 Å². The predicted molar refractivity (Wildman–Crippen MR) is 123 cm³/mol. The lowest BCUT2D eigenvalue weighted by Gasteiger charge is -2.34. The number of hydrogen-bond acceptors (Lipinski definition) is 5. The zero-order valence-electron chi connectivity index (χ0n) is 17.2. The molecule has 1 aliphatic rings. The Hall–Kier alpha value is -2.67. The molecule has 0 amide bonds. The van der Waals surface area contributed by atoms with Crippen LogP contribution in [0.5, 0.6) is 5.75 Å². The molecular weight excluding hydrogens is 392 g/mol. The lowest BCUT2D eigenvalue weighted by Crippen LogP contribution is -2.45. The summed E-state index contributed by atoms with van der Waals surface area (Å²) < 4.78 is 5.34. The van der Waals surface area contributed by atoms with Gasteiger partial charge in [0.1, 0.15) is 5.75 Å². The molecule has 1 aliphatic heterocycles. The molecule has 0 aliphatic carbocycles. The molecule has 5 nitrogen and oxygen atoms in total. The summed E-state index contributed by atoms with van der Waals surface area (Å²) in [6.07, 6.45) is 1.98. The maximum absolute atomic E-state index is 5.34. The monoisotopic (exact) mass is 418 g/mol. The van der Waals surface area contributed by atoms with Crippen LogP contribution in [0.4, 0.5) is 0 Å². The molecule has 154 valence electrons. The van der Waals surface area contributed by atoms with Crippen molar-refractivity contribution >= 4 is 22.1 Å². The van der Waals surface area contributed by atoms with Crippen LogP contribution < -0.4 is 4.74 Å². The van der Waals surface area contributed by atoms with Gasteiger partial charge in [0.2, 0.25) is 0 Å². The van der Waals surface area contributed by atoms with E-state index in [1.807, 2.05) is 23.6 Å². The molecule has 0 saturated carbocycles. The maximum atomic E-state index is 5.34. The number of thiophene rings is 1. The molecule has 4 aromatic rings. The second-order valence-electron chi connectivity index (χ2n) is 7.83. The van der Waals surface area contributed by atoms with Crippen molar-refractivity contribution in [2.75, 3.05) is 33.3 Å². The molecule has 0 atom stereocenters. The summed E-state index contributed by atoms with van der Waals surface area (Å²) >= 11 is 1.85. The van der Waals surface area contributed by atoms with Crippen molar-refractivity contribution in [1.82, 2.24) is 20.0 Å². The number of aromatic nitrogens is 2. The Morgan fingerprint density at radius 2 is 1.73 bits per heavy atom. The minimum absolute atomic E-state index is 0.885. The first kappa shape index (κ1) is 19.3. The highest BCUT2D eigenvalue weighted by Gasteiger charge is 2.19. The number of fused-ring (bicyclic) bond motifs is 1. The molecule has 1 N–H and O–H groups in total. The van der Waals surface area contributed by atoms with E-state index in [1.54, 1.807) is 7.11 Å². The molecule has 0 bridgehead atoms. The zero-order valence-corrected chi connectivity index (χ0v) is 18.0. The van der Waals surface area contributed by atoms with Gasteiger partial charge in [-0.15, -0.1) is 11.3 Å². The second-order valence-corrected chi connectivity index (χ2v) is 8.86. The van der Waals surface area contributed by atoms with Crippen molar-refractivity contribution in [1.29, 1.82) is 0 Å². The van der Waals surface area contributed by atoms with Crippen LogP contribution in [0, 0.1) is 0 Å². The standard InChI is InChI=1S/C24H26N4OS/c1-29-22-7-6-18-13-20(5-4-19(18)14-22)24-21(15-25-26-24)16-27-8-10-28(11-9-27)17-23-3-2-12-30-23/h2-7,12-15H,8-11,16-17H2,1H3,(H,25,26). The summed E-state index contributed by atoms with van der Waals surface area (Å²) in [5.74, 6) is 0.885. The van der Waals surface area contributed by atoms with Gasteiger partial charge in [0.15, 0.2) is 0 Å². The van der Waals surface area contributed by atoms with Gasteiger partial charge in [0.05, 0.1) is 19.0 Å². The minimum Gasteiger partial charge on any atom is -0.497 e. The smallest absolute Gasteiger partial charge is 0.119 e. The van der Waals surface area contributed by atoms with E-state index in [0.29, 0.717) is 0 Å². The molecule has 5 rings (SSSR count). The molecule has 2 aromatic heterocycles. The number of H-pyrrole nitrogens is 1. The van der Waals surface area contributed by atoms with E-state index in [4.69, 9.17) is 4.74 Å². The Morgan fingerprint density at radius 1 is 0.967 bits per heavy atom. The van der Waals surface area contributed by atoms with Crippen LogP contribution in [0.2, 0.25) is 0 Å². The number of nitrogens with one attached hydrogen (secondary N) is 1. The van der Waals surface area contributed by atoms with Crippen molar-refractivity contribution in [3.63, 3.8) is 0 Å². The summed E-state index contributed by atoms with van der Waals surface area (Å²) in [6.45, 7) is 6.41. The van der Waals surface area contributed by atoms with Gasteiger partial charge in [-0.1, -0.05) is 24.3 Å². The fourth-order valence-corrected chi connectivity index (χ4v) is 4.90. The van der Waals surface area contributed by atoms with Crippen molar-refractivity contribution in [2.45, 2.75) is 13.1 Å². The highest BCUT2D eigenvalue weighted by Crippen LogP contribution is 2.28. The average Bonchev–Trinajstić information content (AvgIpc) is 3.46. The van der Waals surface area contributed by atoms with Crippen molar-refractivity contribution in [2.24, 2.45) is 0 Å². The lowest BCUT2D eigenvalue weighted by molar-refractivity contribution is 0.123. The van der Waals surface area contributed by atoms with Gasteiger partial charge in [-0.3, -0.25) is 14.9 Å². The van der Waals surface area contributed by atoms with E-state index >= 15 is 0 Å². The molecule has 0 unspecified atom stereocenters. The Morgan fingerprint density at radius 3 is 2.50 bits per heavy atom. The number of methoxy groups -OCH3 is 1. The summed E-state index contributed by atoms with van der Waals surface area (Å²) in [4.78, 5) is 6.54. The van der Waals surface area contributed by atoms with Crippen molar-refractivity contribution in [3.8, 4) is 17.0 Å². The van der Waals surface area contributed by atoms with Crippen LogP contribution in [-0.4, -0.2) is 53.3 Å². The third kappa shape index (κ3) is 4.12. The largest absolute Gasteiger partial charge is 0.497 e. The van der Waals surface area contributed by atoms with E-state index in [9.17, 15) is 0 Å². The number of hydrogen-bond donors (Lipinski definition) is 1. The number of nitrogens with zero attached hydrogens (tertiary/aromatic N) is 3. The predicted octanol–water partition coefficient (Wildman–Crippen LogP) is 4.62. The first-order chi connectivity index (χ1) is 14.8. The van der Waals surface area contributed by atoms with Gasteiger partial charge in [-0.05, 0) is 40.4 Å². The van der Waals surface area contributed by atoms with Crippen LogP contribution >= 0.6 is 11.3 Å². The fraction of sp³-hybridized carbons (Fsp3) is 0.292. The molecule has 2 aromatic carbocycles. The molecule has 6 heteroatoms. The first-order valence-corrected chi connectivity index (χ1v) is 11.2. The number of piperazine rings is 1. The van der Waals surface area contributed by atoms with Crippen LogP contribution in [0.1, 0.15) is 10.4 Å². The molecule has 1 saturated heterocycles. The van der Waals surface area contributed by atoms with E-state index in [1.165, 1.54) is 26.8 Å². The van der Waals surface area contributed by atoms with E-state index in [2.05, 4.69) is 67.8 Å². The zero-order chi connectivity index (χ0) is 20.3. The lowest BCUT2D eigenvalue weighted by atomic mass is 10.0. The molecular formula is C24H26N4OS. The van der Waals surface area contributed by atoms with Gasteiger partial charge < -0.3 is 4.74 Å². The third-order valence-corrected chi connectivity index (χ3v) is 6.73. The van der Waals surface area contributed by atoms with Gasteiger partial charge >= 0.3 is 0 Å². The SMILES string of the molecule is COc1ccc2cc(-c3[nH]ncc3CN3CCN(Cc4cccs4)CC3)ccc2c1. The number of benzene rings is 2. The quantitative estimate of drug-likeness (QED) is 0.496. The van der Waals surface area contributed by atoms with Crippen molar-refractivity contribution < 1.29 is 4.74 Å². The van der Waals surface area contributed by atoms with Gasteiger partial charge in [0.25, 0.3) is 0 Å². The Labute approximate surface area is 180 Å².